The minimum Gasteiger partial charge on any atom is -0.329 e. The molecule has 2 aromatic rings. The number of ketones is 1. The van der Waals surface area contributed by atoms with Gasteiger partial charge in [-0.3, -0.25) is 9.48 Å². The predicted octanol–water partition coefficient (Wildman–Crippen LogP) is 1.11. The van der Waals surface area contributed by atoms with Crippen molar-refractivity contribution in [3.8, 4) is 0 Å². The lowest BCUT2D eigenvalue weighted by Gasteiger charge is -1.95. The Labute approximate surface area is 103 Å². The van der Waals surface area contributed by atoms with Crippen molar-refractivity contribution in [2.45, 2.75) is 19.4 Å². The third kappa shape index (κ3) is 3.21. The number of aryl methyl sites for hydroxylation is 1. The second-order valence-electron chi connectivity index (χ2n) is 3.66. The number of nitrogens with two attached hydrogens (primary N) is 1. The maximum absolute atomic E-state index is 11.8. The lowest BCUT2D eigenvalue weighted by Crippen LogP contribution is -2.10. The quantitative estimate of drug-likeness (QED) is 0.779. The van der Waals surface area contributed by atoms with Gasteiger partial charge >= 0.3 is 0 Å². The molecular formula is C11H14N4OS. The Balaban J connectivity index is 1.90. The summed E-state index contributed by atoms with van der Waals surface area (Å²) in [7, 11) is 0. The first-order chi connectivity index (χ1) is 8.29. The van der Waals surface area contributed by atoms with E-state index in [1.165, 1.54) is 4.88 Å². The summed E-state index contributed by atoms with van der Waals surface area (Å²) in [4.78, 5) is 13.0. The third-order valence-electron chi connectivity index (χ3n) is 2.36. The van der Waals surface area contributed by atoms with Gasteiger partial charge in [0.05, 0.1) is 12.7 Å². The Morgan fingerprint density at radius 3 is 3.12 bits per heavy atom. The van der Waals surface area contributed by atoms with E-state index in [-0.39, 0.29) is 5.78 Å². The van der Waals surface area contributed by atoms with Crippen LogP contribution in [0.4, 0.5) is 0 Å². The Bertz CT molecular complexity index is 477. The van der Waals surface area contributed by atoms with Gasteiger partial charge in [0.2, 0.25) is 0 Å². The van der Waals surface area contributed by atoms with Gasteiger partial charge in [-0.2, -0.15) is 0 Å². The molecule has 5 nitrogen and oxygen atoms in total. The number of carbonyl (C=O) groups excluding carboxylic acids is 1. The Hall–Kier alpha value is -1.53. The highest BCUT2D eigenvalue weighted by Gasteiger charge is 2.10. The number of aromatic nitrogens is 3. The highest BCUT2D eigenvalue weighted by molar-refractivity contribution is 7.09. The number of hydrogen-bond donors (Lipinski definition) is 1. The van der Waals surface area contributed by atoms with Crippen molar-refractivity contribution in [2.75, 3.05) is 6.54 Å². The lowest BCUT2D eigenvalue weighted by molar-refractivity contribution is 0.0978. The van der Waals surface area contributed by atoms with Crippen molar-refractivity contribution in [1.82, 2.24) is 15.0 Å². The van der Waals surface area contributed by atoms with Gasteiger partial charge in [0, 0.05) is 17.8 Å². The fraction of sp³-hybridized carbons (Fsp3) is 0.364. The van der Waals surface area contributed by atoms with Crippen LogP contribution in [0.3, 0.4) is 0 Å². The van der Waals surface area contributed by atoms with Crippen LogP contribution in [0, 0.1) is 0 Å². The van der Waals surface area contributed by atoms with Crippen LogP contribution < -0.4 is 5.73 Å². The van der Waals surface area contributed by atoms with Gasteiger partial charge < -0.3 is 5.73 Å². The molecule has 2 rings (SSSR count). The maximum atomic E-state index is 11.8. The van der Waals surface area contributed by atoms with Crippen LogP contribution in [0.1, 0.15) is 21.8 Å². The Morgan fingerprint density at radius 2 is 2.41 bits per heavy atom. The molecule has 90 valence electrons. The van der Waals surface area contributed by atoms with Crippen LogP contribution in [0.25, 0.3) is 0 Å². The van der Waals surface area contributed by atoms with Crippen LogP contribution >= 0.6 is 11.3 Å². The number of carbonyl (C=O) groups is 1. The van der Waals surface area contributed by atoms with Crippen molar-refractivity contribution < 1.29 is 4.79 Å². The van der Waals surface area contributed by atoms with Crippen molar-refractivity contribution in [3.05, 3.63) is 34.3 Å². The molecule has 0 amide bonds. The molecule has 2 N–H and O–H groups in total. The van der Waals surface area contributed by atoms with Gasteiger partial charge in [0.1, 0.15) is 5.69 Å². The molecule has 0 fully saturated rings. The van der Waals surface area contributed by atoms with E-state index in [4.69, 9.17) is 5.73 Å². The van der Waals surface area contributed by atoms with E-state index >= 15 is 0 Å². The van der Waals surface area contributed by atoms with Crippen LogP contribution in [0.15, 0.2) is 23.7 Å². The first kappa shape index (κ1) is 11.9. The molecule has 17 heavy (non-hydrogen) atoms. The molecule has 0 unspecified atom stereocenters. The lowest BCUT2D eigenvalue weighted by atomic mass is 10.1. The summed E-state index contributed by atoms with van der Waals surface area (Å²) >= 11 is 1.66. The summed E-state index contributed by atoms with van der Waals surface area (Å²) in [6, 6.07) is 4.02. The molecule has 0 aliphatic rings. The van der Waals surface area contributed by atoms with Crippen molar-refractivity contribution in [2.24, 2.45) is 5.73 Å². The van der Waals surface area contributed by atoms with E-state index in [2.05, 4.69) is 10.3 Å². The van der Waals surface area contributed by atoms with Gasteiger partial charge in [0.25, 0.3) is 0 Å². The summed E-state index contributed by atoms with van der Waals surface area (Å²) in [5.41, 5.74) is 5.82. The molecule has 6 heteroatoms. The number of Topliss-reactive ketones (excluding diaryl/α,β-unsaturated/α-hetero) is 1. The predicted molar refractivity (Wildman–Crippen MR) is 66.0 cm³/mol. The number of thiophene rings is 1. The Morgan fingerprint density at radius 1 is 1.53 bits per heavy atom. The second-order valence-corrected chi connectivity index (χ2v) is 4.69. The molecule has 2 heterocycles. The van der Waals surface area contributed by atoms with Crippen molar-refractivity contribution in [1.29, 1.82) is 0 Å². The summed E-state index contributed by atoms with van der Waals surface area (Å²) in [6.07, 6.45) is 2.89. The van der Waals surface area contributed by atoms with E-state index < -0.39 is 0 Å². The molecule has 0 saturated carbocycles. The molecule has 0 radical (unpaired) electrons. The summed E-state index contributed by atoms with van der Waals surface area (Å²) in [6.45, 7) is 1.08. The molecule has 0 atom stereocenters. The number of hydrogen-bond acceptors (Lipinski definition) is 5. The molecule has 0 aromatic carbocycles. The zero-order valence-electron chi connectivity index (χ0n) is 9.37. The highest BCUT2D eigenvalue weighted by Crippen LogP contribution is 2.12. The minimum absolute atomic E-state index is 0.0293. The van der Waals surface area contributed by atoms with Gasteiger partial charge in [-0.15, -0.1) is 16.4 Å². The largest absolute Gasteiger partial charge is 0.329 e. The average molecular weight is 250 g/mol. The van der Waals surface area contributed by atoms with Crippen molar-refractivity contribution in [3.63, 3.8) is 0 Å². The summed E-state index contributed by atoms with van der Waals surface area (Å²) in [5.74, 6) is 0.0293. The Kier molecular flexibility index (Phi) is 4.00. The van der Waals surface area contributed by atoms with Crippen LogP contribution in [0.5, 0.6) is 0 Å². The fourth-order valence-corrected chi connectivity index (χ4v) is 2.20. The van der Waals surface area contributed by atoms with Gasteiger partial charge in [-0.1, -0.05) is 11.3 Å². The number of nitrogens with zero attached hydrogens (tertiary/aromatic N) is 3. The smallest absolute Gasteiger partial charge is 0.185 e. The average Bonchev–Trinajstić information content (AvgIpc) is 2.97. The second kappa shape index (κ2) is 5.70. The standard InChI is InChI=1S/C11H14N4OS/c12-5-6-15-8-10(13-14-15)11(16)4-3-9-2-1-7-17-9/h1-2,7-8H,3-6,12H2. The van der Waals surface area contributed by atoms with E-state index in [0.717, 1.165) is 6.42 Å². The first-order valence-corrected chi connectivity index (χ1v) is 6.33. The van der Waals surface area contributed by atoms with Crippen LogP contribution in [-0.2, 0) is 13.0 Å². The normalized spacial score (nSPS) is 10.6. The topological polar surface area (TPSA) is 73.8 Å². The molecular weight excluding hydrogens is 236 g/mol. The zero-order chi connectivity index (χ0) is 12.1. The minimum atomic E-state index is 0.0293. The van der Waals surface area contributed by atoms with Crippen LogP contribution in [0.2, 0.25) is 0 Å². The van der Waals surface area contributed by atoms with E-state index in [0.29, 0.717) is 25.2 Å². The SMILES string of the molecule is NCCn1cc(C(=O)CCc2cccs2)nn1. The van der Waals surface area contributed by atoms with Gasteiger partial charge in [-0.05, 0) is 17.9 Å². The van der Waals surface area contributed by atoms with Crippen molar-refractivity contribution >= 4 is 17.1 Å². The maximum Gasteiger partial charge on any atom is 0.185 e. The van der Waals surface area contributed by atoms with E-state index in [9.17, 15) is 4.79 Å². The zero-order valence-corrected chi connectivity index (χ0v) is 10.2. The highest BCUT2D eigenvalue weighted by atomic mass is 32.1. The monoisotopic (exact) mass is 250 g/mol. The number of rotatable bonds is 6. The molecule has 0 aliphatic heterocycles. The first-order valence-electron chi connectivity index (χ1n) is 5.45. The van der Waals surface area contributed by atoms with E-state index in [1.54, 1.807) is 22.2 Å². The van der Waals surface area contributed by atoms with E-state index in [1.807, 2.05) is 17.5 Å². The fourth-order valence-electron chi connectivity index (χ4n) is 1.49. The van der Waals surface area contributed by atoms with Gasteiger partial charge in [0.15, 0.2) is 5.78 Å². The summed E-state index contributed by atoms with van der Waals surface area (Å²) in [5, 5.41) is 9.70. The molecule has 0 bridgehead atoms. The third-order valence-corrected chi connectivity index (χ3v) is 3.30. The summed E-state index contributed by atoms with van der Waals surface area (Å²) < 4.78 is 1.60. The molecule has 0 spiro atoms. The molecule has 0 aliphatic carbocycles. The molecule has 0 saturated heterocycles. The molecule has 2 aromatic heterocycles. The van der Waals surface area contributed by atoms with Crippen LogP contribution in [-0.4, -0.2) is 27.3 Å². The van der Waals surface area contributed by atoms with Gasteiger partial charge in [-0.25, -0.2) is 0 Å².